The third kappa shape index (κ3) is 4.98. The van der Waals surface area contributed by atoms with Crippen molar-refractivity contribution in [2.45, 2.75) is 45.4 Å². The summed E-state index contributed by atoms with van der Waals surface area (Å²) in [6, 6.07) is 18.5. The highest BCUT2D eigenvalue weighted by atomic mass is 19.1. The minimum Gasteiger partial charge on any atom is -0.494 e. The molecule has 0 radical (unpaired) electrons. The lowest BCUT2D eigenvalue weighted by Crippen LogP contribution is -2.17. The lowest BCUT2D eigenvalue weighted by molar-refractivity contribution is 0.0697. The quantitative estimate of drug-likeness (QED) is 0.254. The van der Waals surface area contributed by atoms with Crippen molar-refractivity contribution in [1.82, 2.24) is 4.57 Å². The van der Waals surface area contributed by atoms with Crippen LogP contribution in [0.15, 0.2) is 60.7 Å². The lowest BCUT2D eigenvalue weighted by atomic mass is 9.89. The molecule has 0 spiro atoms. The molecule has 1 aliphatic heterocycles. The van der Waals surface area contributed by atoms with Gasteiger partial charge in [0.15, 0.2) is 0 Å². The Morgan fingerprint density at radius 2 is 1.84 bits per heavy atom. The summed E-state index contributed by atoms with van der Waals surface area (Å²) < 4.78 is 28.3. The predicted octanol–water partition coefficient (Wildman–Crippen LogP) is 7.52. The van der Waals surface area contributed by atoms with E-state index in [9.17, 15) is 14.3 Å². The fraction of sp³-hybridized carbons (Fsp3) is 0.323. The molecule has 1 saturated heterocycles. The highest BCUT2D eigenvalue weighted by Crippen LogP contribution is 2.44. The summed E-state index contributed by atoms with van der Waals surface area (Å²) in [6.07, 6.45) is 3.77. The summed E-state index contributed by atoms with van der Waals surface area (Å²) in [5.41, 5.74) is 5.88. The molecule has 5 nitrogen and oxygen atoms in total. The Morgan fingerprint density at radius 3 is 2.51 bits per heavy atom. The number of carbonyl (C=O) groups is 1. The van der Waals surface area contributed by atoms with E-state index in [0.717, 1.165) is 64.8 Å². The summed E-state index contributed by atoms with van der Waals surface area (Å²) in [4.78, 5) is 11.5. The van der Waals surface area contributed by atoms with Crippen molar-refractivity contribution < 1.29 is 23.8 Å². The maximum absolute atomic E-state index is 14.3. The number of aryl methyl sites for hydroxylation is 1. The Morgan fingerprint density at radius 1 is 1.08 bits per heavy atom. The number of nitrogens with zero attached hydrogens (tertiary/aromatic N) is 1. The summed E-state index contributed by atoms with van der Waals surface area (Å²) in [7, 11) is 0. The van der Waals surface area contributed by atoms with Crippen LogP contribution >= 0.6 is 0 Å². The van der Waals surface area contributed by atoms with Gasteiger partial charge in [-0.15, -0.1) is 0 Å². The minimum absolute atomic E-state index is 0.227. The van der Waals surface area contributed by atoms with Gasteiger partial charge in [-0.25, -0.2) is 9.18 Å². The highest BCUT2D eigenvalue weighted by molar-refractivity contribution is 6.01. The van der Waals surface area contributed by atoms with Crippen molar-refractivity contribution >= 4 is 16.9 Å². The number of hydrogen-bond acceptors (Lipinski definition) is 3. The Balaban J connectivity index is 1.79. The largest absolute Gasteiger partial charge is 0.494 e. The standard InChI is InChI=1S/C31H32FNO4/c1-3-4-15-37-25-10-12-28-26(19-25)29(21-5-7-23(8-6-21)31(34)35)30(22-13-16-36-17-14-22)33(28)24-9-11-27(32)20(2)18-24/h5-12,18-19,22H,3-4,13-17H2,1-2H3,(H,34,35). The van der Waals surface area contributed by atoms with Gasteiger partial charge >= 0.3 is 5.97 Å². The summed E-state index contributed by atoms with van der Waals surface area (Å²) >= 11 is 0. The minimum atomic E-state index is -0.952. The number of carboxylic acids is 1. The van der Waals surface area contributed by atoms with Crippen molar-refractivity contribution in [2.75, 3.05) is 19.8 Å². The number of halogens is 1. The third-order valence-electron chi connectivity index (χ3n) is 7.17. The van der Waals surface area contributed by atoms with Crippen LogP contribution in [0.1, 0.15) is 60.1 Å². The van der Waals surface area contributed by atoms with Crippen LogP contribution in [-0.4, -0.2) is 35.5 Å². The molecule has 2 heterocycles. The molecular formula is C31H32FNO4. The van der Waals surface area contributed by atoms with E-state index in [-0.39, 0.29) is 17.3 Å². The molecule has 4 aromatic rings. The Bertz CT molecular complexity index is 1420. The number of carboxylic acid groups (broad SMARTS) is 1. The van der Waals surface area contributed by atoms with Crippen LogP contribution in [0.5, 0.6) is 5.75 Å². The molecule has 6 heteroatoms. The van der Waals surface area contributed by atoms with E-state index in [1.54, 1.807) is 19.1 Å². The molecule has 1 fully saturated rings. The van der Waals surface area contributed by atoms with Gasteiger partial charge in [0, 0.05) is 41.5 Å². The average molecular weight is 502 g/mol. The van der Waals surface area contributed by atoms with Crippen LogP contribution in [0.2, 0.25) is 0 Å². The molecule has 37 heavy (non-hydrogen) atoms. The Kier molecular flexibility index (Phi) is 7.28. The SMILES string of the molecule is CCCCOc1ccc2c(c1)c(-c1ccc(C(=O)O)cc1)c(C1CCOCC1)n2-c1ccc(F)c(C)c1. The number of unbranched alkanes of at least 4 members (excludes halogenated alkanes) is 1. The maximum Gasteiger partial charge on any atom is 0.335 e. The topological polar surface area (TPSA) is 60.7 Å². The van der Waals surface area contributed by atoms with Gasteiger partial charge in [-0.2, -0.15) is 0 Å². The van der Waals surface area contributed by atoms with Crippen LogP contribution in [0.4, 0.5) is 4.39 Å². The number of ether oxygens (including phenoxy) is 2. The monoisotopic (exact) mass is 501 g/mol. The van der Waals surface area contributed by atoms with Crippen molar-refractivity contribution in [3.63, 3.8) is 0 Å². The van der Waals surface area contributed by atoms with E-state index in [1.807, 2.05) is 30.3 Å². The third-order valence-corrected chi connectivity index (χ3v) is 7.17. The number of rotatable bonds is 8. The molecule has 0 unspecified atom stereocenters. The molecule has 1 aromatic heterocycles. The fourth-order valence-corrected chi connectivity index (χ4v) is 5.20. The van der Waals surface area contributed by atoms with E-state index in [1.165, 1.54) is 6.07 Å². The first-order valence-electron chi connectivity index (χ1n) is 13.0. The molecule has 1 aliphatic rings. The molecular weight excluding hydrogens is 469 g/mol. The second-order valence-electron chi connectivity index (χ2n) is 9.68. The molecule has 0 amide bonds. The fourth-order valence-electron chi connectivity index (χ4n) is 5.20. The van der Waals surface area contributed by atoms with Gasteiger partial charge in [-0.05, 0) is 85.8 Å². The van der Waals surface area contributed by atoms with Gasteiger partial charge in [0.25, 0.3) is 0 Å². The summed E-state index contributed by atoms with van der Waals surface area (Å²) in [5, 5.41) is 10.5. The molecule has 1 N–H and O–H groups in total. The van der Waals surface area contributed by atoms with Crippen LogP contribution in [0, 0.1) is 12.7 Å². The van der Waals surface area contributed by atoms with Crippen molar-refractivity contribution in [1.29, 1.82) is 0 Å². The van der Waals surface area contributed by atoms with Gasteiger partial charge < -0.3 is 19.1 Å². The molecule has 5 rings (SSSR count). The van der Waals surface area contributed by atoms with Gasteiger partial charge in [0.2, 0.25) is 0 Å². The predicted molar refractivity (Wildman–Crippen MR) is 144 cm³/mol. The van der Waals surface area contributed by atoms with E-state index < -0.39 is 5.97 Å². The van der Waals surface area contributed by atoms with Crippen molar-refractivity contribution in [3.05, 3.63) is 83.3 Å². The van der Waals surface area contributed by atoms with E-state index >= 15 is 0 Å². The number of fused-ring (bicyclic) bond motifs is 1. The first-order valence-corrected chi connectivity index (χ1v) is 13.0. The van der Waals surface area contributed by atoms with Gasteiger partial charge in [0.05, 0.1) is 17.7 Å². The maximum atomic E-state index is 14.3. The van der Waals surface area contributed by atoms with E-state index in [0.29, 0.717) is 25.4 Å². The lowest BCUT2D eigenvalue weighted by Gasteiger charge is -2.26. The normalized spacial score (nSPS) is 14.2. The average Bonchev–Trinajstić information content (AvgIpc) is 3.25. The molecule has 0 atom stereocenters. The molecule has 0 saturated carbocycles. The van der Waals surface area contributed by atoms with Crippen LogP contribution in [-0.2, 0) is 4.74 Å². The van der Waals surface area contributed by atoms with Crippen molar-refractivity contribution in [2.24, 2.45) is 0 Å². The van der Waals surface area contributed by atoms with Crippen LogP contribution < -0.4 is 4.74 Å². The number of hydrogen-bond donors (Lipinski definition) is 1. The van der Waals surface area contributed by atoms with Crippen LogP contribution in [0.3, 0.4) is 0 Å². The zero-order valence-corrected chi connectivity index (χ0v) is 21.3. The Hall–Kier alpha value is -3.64. The zero-order chi connectivity index (χ0) is 25.9. The van der Waals surface area contributed by atoms with E-state index in [4.69, 9.17) is 9.47 Å². The Labute approximate surface area is 216 Å². The molecule has 0 aliphatic carbocycles. The first-order chi connectivity index (χ1) is 18.0. The zero-order valence-electron chi connectivity index (χ0n) is 21.3. The number of benzene rings is 3. The van der Waals surface area contributed by atoms with Crippen LogP contribution in [0.25, 0.3) is 27.7 Å². The summed E-state index contributed by atoms with van der Waals surface area (Å²) in [5.74, 6) is -0.156. The molecule has 0 bridgehead atoms. The number of aromatic carboxylic acids is 1. The molecule has 3 aromatic carbocycles. The number of aromatic nitrogens is 1. The second-order valence-corrected chi connectivity index (χ2v) is 9.68. The smallest absolute Gasteiger partial charge is 0.335 e. The molecule has 192 valence electrons. The first kappa shape index (κ1) is 25.0. The van der Waals surface area contributed by atoms with E-state index in [2.05, 4.69) is 23.6 Å². The summed E-state index contributed by atoms with van der Waals surface area (Å²) in [6.45, 7) is 5.92. The van der Waals surface area contributed by atoms with Gasteiger partial charge in [-0.3, -0.25) is 0 Å². The van der Waals surface area contributed by atoms with Crippen molar-refractivity contribution in [3.8, 4) is 22.6 Å². The second kappa shape index (κ2) is 10.8. The van der Waals surface area contributed by atoms with Gasteiger partial charge in [-0.1, -0.05) is 25.5 Å². The van der Waals surface area contributed by atoms with Gasteiger partial charge in [0.1, 0.15) is 11.6 Å². The highest BCUT2D eigenvalue weighted by Gasteiger charge is 2.28.